The summed E-state index contributed by atoms with van der Waals surface area (Å²) in [7, 11) is 0. The van der Waals surface area contributed by atoms with Crippen molar-refractivity contribution in [2.75, 3.05) is 11.9 Å². The van der Waals surface area contributed by atoms with E-state index in [4.69, 9.17) is 9.84 Å². The minimum Gasteiger partial charge on any atom is -0.481 e. The van der Waals surface area contributed by atoms with E-state index in [2.05, 4.69) is 5.32 Å². The molecular formula is C17H23NO4. The number of rotatable bonds is 7. The van der Waals surface area contributed by atoms with Crippen LogP contribution in [0.2, 0.25) is 0 Å². The highest BCUT2D eigenvalue weighted by Gasteiger charge is 2.15. The second-order valence-electron chi connectivity index (χ2n) is 5.67. The highest BCUT2D eigenvalue weighted by molar-refractivity contribution is 5.90. The zero-order valence-corrected chi connectivity index (χ0v) is 12.7. The summed E-state index contributed by atoms with van der Waals surface area (Å²) >= 11 is 0. The second kappa shape index (κ2) is 8.54. The Hall–Kier alpha value is -1.88. The van der Waals surface area contributed by atoms with Gasteiger partial charge in [0.15, 0.2) is 0 Å². The van der Waals surface area contributed by atoms with Crippen molar-refractivity contribution < 1.29 is 19.4 Å². The average Bonchev–Trinajstić information content (AvgIpc) is 2.52. The van der Waals surface area contributed by atoms with Crippen LogP contribution in [0.3, 0.4) is 0 Å². The zero-order chi connectivity index (χ0) is 15.8. The molecule has 0 aromatic heterocycles. The normalized spacial score (nSPS) is 17.9. The first-order valence-corrected chi connectivity index (χ1v) is 7.85. The van der Waals surface area contributed by atoms with E-state index in [0.717, 1.165) is 37.1 Å². The maximum atomic E-state index is 12.0. The van der Waals surface area contributed by atoms with Crippen molar-refractivity contribution in [3.63, 3.8) is 0 Å². The standard InChI is InChI=1S/C17H23NO4/c19-16(9-8-15-6-1-2-11-22-15)18-14-5-3-4-13(12-14)7-10-17(20)21/h3-5,12,15H,1-2,6-11H2,(H,18,19)(H,20,21). The number of carbonyl (C=O) groups excluding carboxylic acids is 1. The van der Waals surface area contributed by atoms with Crippen LogP contribution in [0.4, 0.5) is 5.69 Å². The lowest BCUT2D eigenvalue weighted by Gasteiger charge is -2.22. The van der Waals surface area contributed by atoms with Crippen LogP contribution < -0.4 is 5.32 Å². The third-order valence-electron chi connectivity index (χ3n) is 3.81. The van der Waals surface area contributed by atoms with Crippen molar-refractivity contribution in [3.05, 3.63) is 29.8 Å². The topological polar surface area (TPSA) is 75.6 Å². The van der Waals surface area contributed by atoms with Crippen LogP contribution in [0.5, 0.6) is 0 Å². The third kappa shape index (κ3) is 5.85. The van der Waals surface area contributed by atoms with Gasteiger partial charge < -0.3 is 15.2 Å². The van der Waals surface area contributed by atoms with Crippen molar-refractivity contribution in [3.8, 4) is 0 Å². The van der Waals surface area contributed by atoms with E-state index in [1.165, 1.54) is 6.42 Å². The van der Waals surface area contributed by atoms with Gasteiger partial charge in [-0.05, 0) is 49.8 Å². The van der Waals surface area contributed by atoms with Crippen LogP contribution in [0.25, 0.3) is 0 Å². The second-order valence-corrected chi connectivity index (χ2v) is 5.67. The predicted octanol–water partition coefficient (Wildman–Crippen LogP) is 2.99. The summed E-state index contributed by atoms with van der Waals surface area (Å²) in [5.41, 5.74) is 1.63. The molecule has 0 spiro atoms. The summed E-state index contributed by atoms with van der Waals surface area (Å²) < 4.78 is 5.62. The SMILES string of the molecule is O=C(O)CCc1cccc(NC(=O)CCC2CCCCO2)c1. The third-order valence-corrected chi connectivity index (χ3v) is 3.81. The van der Waals surface area contributed by atoms with Gasteiger partial charge in [-0.25, -0.2) is 0 Å². The first-order chi connectivity index (χ1) is 10.6. The molecular weight excluding hydrogens is 282 g/mol. The Morgan fingerprint density at radius 1 is 1.27 bits per heavy atom. The van der Waals surface area contributed by atoms with Crippen LogP contribution in [0.1, 0.15) is 44.1 Å². The Bertz CT molecular complexity index is 509. The number of hydrogen-bond acceptors (Lipinski definition) is 3. The molecule has 1 aromatic carbocycles. The molecule has 0 radical (unpaired) electrons. The number of carboxylic acid groups (broad SMARTS) is 1. The van der Waals surface area contributed by atoms with E-state index < -0.39 is 5.97 Å². The Labute approximate surface area is 130 Å². The lowest BCUT2D eigenvalue weighted by Crippen LogP contribution is -2.21. The molecule has 0 bridgehead atoms. The summed E-state index contributed by atoms with van der Waals surface area (Å²) in [6, 6.07) is 7.35. The molecule has 5 heteroatoms. The molecule has 0 aliphatic carbocycles. The number of nitrogens with one attached hydrogen (secondary N) is 1. The van der Waals surface area contributed by atoms with E-state index in [1.807, 2.05) is 24.3 Å². The molecule has 2 rings (SSSR count). The molecule has 1 heterocycles. The van der Waals surface area contributed by atoms with E-state index in [0.29, 0.717) is 12.8 Å². The fourth-order valence-electron chi connectivity index (χ4n) is 2.61. The van der Waals surface area contributed by atoms with Gasteiger partial charge in [0.05, 0.1) is 6.10 Å². The molecule has 2 N–H and O–H groups in total. The minimum absolute atomic E-state index is 0.0236. The average molecular weight is 305 g/mol. The minimum atomic E-state index is -0.818. The van der Waals surface area contributed by atoms with Crippen molar-refractivity contribution in [1.29, 1.82) is 0 Å². The van der Waals surface area contributed by atoms with Crippen LogP contribution >= 0.6 is 0 Å². The number of carboxylic acids is 1. The Morgan fingerprint density at radius 2 is 2.14 bits per heavy atom. The molecule has 0 saturated carbocycles. The van der Waals surface area contributed by atoms with Gasteiger partial charge in [0.25, 0.3) is 0 Å². The first-order valence-electron chi connectivity index (χ1n) is 7.85. The molecule has 1 aromatic rings. The molecule has 1 unspecified atom stereocenters. The molecule has 1 aliphatic heterocycles. The summed E-state index contributed by atoms with van der Waals surface area (Å²) in [6.07, 6.45) is 5.31. The van der Waals surface area contributed by atoms with E-state index >= 15 is 0 Å². The smallest absolute Gasteiger partial charge is 0.303 e. The van der Waals surface area contributed by atoms with Gasteiger partial charge in [0.1, 0.15) is 0 Å². The summed E-state index contributed by atoms with van der Waals surface area (Å²) in [5, 5.41) is 11.6. The van der Waals surface area contributed by atoms with Crippen molar-refractivity contribution in [2.24, 2.45) is 0 Å². The predicted molar refractivity (Wildman–Crippen MR) is 83.9 cm³/mol. The highest BCUT2D eigenvalue weighted by atomic mass is 16.5. The zero-order valence-electron chi connectivity index (χ0n) is 12.7. The number of ether oxygens (including phenoxy) is 1. The summed E-state index contributed by atoms with van der Waals surface area (Å²) in [6.45, 7) is 0.803. The van der Waals surface area contributed by atoms with Gasteiger partial charge >= 0.3 is 5.97 Å². The van der Waals surface area contributed by atoms with Gasteiger partial charge in [-0.2, -0.15) is 0 Å². The van der Waals surface area contributed by atoms with Crippen molar-refractivity contribution in [1.82, 2.24) is 0 Å². The van der Waals surface area contributed by atoms with E-state index in [1.54, 1.807) is 0 Å². The van der Waals surface area contributed by atoms with Gasteiger partial charge in [0, 0.05) is 25.1 Å². The molecule has 1 fully saturated rings. The fraction of sp³-hybridized carbons (Fsp3) is 0.529. The fourth-order valence-corrected chi connectivity index (χ4v) is 2.61. The number of amides is 1. The number of carbonyl (C=O) groups is 2. The Morgan fingerprint density at radius 3 is 2.86 bits per heavy atom. The van der Waals surface area contributed by atoms with Crippen molar-refractivity contribution in [2.45, 2.75) is 51.0 Å². The number of benzene rings is 1. The number of anilines is 1. The summed E-state index contributed by atoms with van der Waals surface area (Å²) in [4.78, 5) is 22.6. The molecule has 1 saturated heterocycles. The van der Waals surface area contributed by atoms with Crippen LogP contribution in [-0.2, 0) is 20.7 Å². The quantitative estimate of drug-likeness (QED) is 0.812. The molecule has 120 valence electrons. The largest absolute Gasteiger partial charge is 0.481 e. The maximum absolute atomic E-state index is 12.0. The number of hydrogen-bond donors (Lipinski definition) is 2. The first kappa shape index (κ1) is 16.5. The van der Waals surface area contributed by atoms with Gasteiger partial charge in [-0.1, -0.05) is 12.1 Å². The number of aryl methyl sites for hydroxylation is 1. The van der Waals surface area contributed by atoms with Gasteiger partial charge in [0.2, 0.25) is 5.91 Å². The lowest BCUT2D eigenvalue weighted by molar-refractivity contribution is -0.137. The lowest BCUT2D eigenvalue weighted by atomic mass is 10.0. The Balaban J connectivity index is 1.77. The molecule has 22 heavy (non-hydrogen) atoms. The van der Waals surface area contributed by atoms with Gasteiger partial charge in [-0.15, -0.1) is 0 Å². The van der Waals surface area contributed by atoms with E-state index in [9.17, 15) is 9.59 Å². The van der Waals surface area contributed by atoms with Crippen LogP contribution in [0, 0.1) is 0 Å². The molecule has 1 atom stereocenters. The highest BCUT2D eigenvalue weighted by Crippen LogP contribution is 2.18. The maximum Gasteiger partial charge on any atom is 0.303 e. The van der Waals surface area contributed by atoms with Crippen LogP contribution in [-0.4, -0.2) is 29.7 Å². The van der Waals surface area contributed by atoms with E-state index in [-0.39, 0.29) is 18.4 Å². The molecule has 5 nitrogen and oxygen atoms in total. The summed E-state index contributed by atoms with van der Waals surface area (Å²) in [5.74, 6) is -0.841. The Kier molecular flexibility index (Phi) is 6.40. The monoisotopic (exact) mass is 305 g/mol. The number of aliphatic carboxylic acids is 1. The van der Waals surface area contributed by atoms with Crippen LogP contribution in [0.15, 0.2) is 24.3 Å². The molecule has 1 aliphatic rings. The van der Waals surface area contributed by atoms with Gasteiger partial charge in [-0.3, -0.25) is 9.59 Å². The molecule has 1 amide bonds. The van der Waals surface area contributed by atoms with Crippen molar-refractivity contribution >= 4 is 17.6 Å².